The zero-order valence-corrected chi connectivity index (χ0v) is 10.8. The molecule has 0 unspecified atom stereocenters. The third-order valence-electron chi connectivity index (χ3n) is 2.66. The molecular formula is C12H11ClN2O4. The molecule has 19 heavy (non-hydrogen) atoms. The molecule has 0 saturated heterocycles. The van der Waals surface area contributed by atoms with Crippen molar-refractivity contribution in [2.45, 2.75) is 13.0 Å². The van der Waals surface area contributed by atoms with Crippen LogP contribution >= 0.6 is 11.6 Å². The van der Waals surface area contributed by atoms with Gasteiger partial charge in [-0.15, -0.1) is 0 Å². The van der Waals surface area contributed by atoms with Gasteiger partial charge in [0.1, 0.15) is 5.75 Å². The Balaban J connectivity index is 2.58. The van der Waals surface area contributed by atoms with E-state index >= 15 is 0 Å². The Bertz CT molecular complexity index is 696. The van der Waals surface area contributed by atoms with Gasteiger partial charge in [-0.3, -0.25) is 14.2 Å². The molecule has 100 valence electrons. The van der Waals surface area contributed by atoms with Crippen LogP contribution in [-0.4, -0.2) is 27.7 Å². The number of rotatable bonds is 4. The van der Waals surface area contributed by atoms with Crippen LogP contribution in [0.15, 0.2) is 23.0 Å². The highest BCUT2D eigenvalue weighted by Crippen LogP contribution is 2.18. The van der Waals surface area contributed by atoms with Crippen LogP contribution in [0.5, 0.6) is 5.75 Å². The fraction of sp³-hybridized carbons (Fsp3) is 0.250. The number of carbonyl (C=O) groups is 1. The average molecular weight is 283 g/mol. The molecule has 7 heteroatoms. The van der Waals surface area contributed by atoms with Crippen molar-refractivity contribution in [3.63, 3.8) is 0 Å². The van der Waals surface area contributed by atoms with E-state index in [9.17, 15) is 9.59 Å². The van der Waals surface area contributed by atoms with Crippen LogP contribution < -0.4 is 10.3 Å². The zero-order chi connectivity index (χ0) is 14.0. The molecule has 1 aromatic heterocycles. The molecule has 0 amide bonds. The van der Waals surface area contributed by atoms with Crippen LogP contribution in [0.1, 0.15) is 6.42 Å². The lowest BCUT2D eigenvalue weighted by Gasteiger charge is -2.08. The fourth-order valence-electron chi connectivity index (χ4n) is 1.70. The molecule has 0 atom stereocenters. The molecule has 0 bridgehead atoms. The maximum atomic E-state index is 12.2. The van der Waals surface area contributed by atoms with E-state index in [2.05, 4.69) is 4.98 Å². The summed E-state index contributed by atoms with van der Waals surface area (Å²) in [6.07, 6.45) is -0.198. The highest BCUT2D eigenvalue weighted by molar-refractivity contribution is 6.28. The zero-order valence-electron chi connectivity index (χ0n) is 10.1. The molecule has 0 aliphatic heterocycles. The van der Waals surface area contributed by atoms with Crippen LogP contribution in [0.25, 0.3) is 10.9 Å². The predicted octanol–water partition coefficient (Wildman–Crippen LogP) is 1.53. The molecular weight excluding hydrogens is 272 g/mol. The summed E-state index contributed by atoms with van der Waals surface area (Å²) in [7, 11) is 1.49. The van der Waals surface area contributed by atoms with E-state index in [0.717, 1.165) is 4.57 Å². The van der Waals surface area contributed by atoms with E-state index in [1.165, 1.54) is 7.11 Å². The Morgan fingerprint density at radius 2 is 2.26 bits per heavy atom. The van der Waals surface area contributed by atoms with Gasteiger partial charge in [0, 0.05) is 6.54 Å². The molecule has 0 saturated carbocycles. The van der Waals surface area contributed by atoms with Crippen LogP contribution in [0.3, 0.4) is 0 Å². The smallest absolute Gasteiger partial charge is 0.305 e. The van der Waals surface area contributed by atoms with Gasteiger partial charge in [-0.2, -0.15) is 0 Å². The van der Waals surface area contributed by atoms with Gasteiger partial charge >= 0.3 is 5.97 Å². The summed E-state index contributed by atoms with van der Waals surface area (Å²) in [6, 6.07) is 4.86. The molecule has 0 aliphatic rings. The number of halogens is 1. The van der Waals surface area contributed by atoms with Gasteiger partial charge in [-0.05, 0) is 29.8 Å². The Kier molecular flexibility index (Phi) is 3.71. The number of ether oxygens (including phenoxy) is 1. The van der Waals surface area contributed by atoms with Crippen LogP contribution in [-0.2, 0) is 11.3 Å². The van der Waals surface area contributed by atoms with Crippen molar-refractivity contribution in [2.24, 2.45) is 0 Å². The second kappa shape index (κ2) is 5.27. The lowest BCUT2D eigenvalue weighted by molar-refractivity contribution is -0.137. The molecule has 1 N–H and O–H groups in total. The molecule has 0 spiro atoms. The second-order valence-electron chi connectivity index (χ2n) is 3.86. The van der Waals surface area contributed by atoms with E-state index in [1.54, 1.807) is 18.2 Å². The normalized spacial score (nSPS) is 10.6. The first kappa shape index (κ1) is 13.4. The second-order valence-corrected chi connectivity index (χ2v) is 4.20. The number of nitrogens with zero attached hydrogens (tertiary/aromatic N) is 2. The highest BCUT2D eigenvalue weighted by Gasteiger charge is 2.11. The largest absolute Gasteiger partial charge is 0.497 e. The predicted molar refractivity (Wildman–Crippen MR) is 69.8 cm³/mol. The lowest BCUT2D eigenvalue weighted by atomic mass is 10.2. The first-order valence-corrected chi connectivity index (χ1v) is 5.86. The number of carboxylic acid groups (broad SMARTS) is 1. The van der Waals surface area contributed by atoms with Gasteiger partial charge in [-0.1, -0.05) is 0 Å². The summed E-state index contributed by atoms with van der Waals surface area (Å²) in [6.45, 7) is -0.0207. The summed E-state index contributed by atoms with van der Waals surface area (Å²) in [4.78, 5) is 26.9. The van der Waals surface area contributed by atoms with Gasteiger partial charge < -0.3 is 9.84 Å². The van der Waals surface area contributed by atoms with Crippen molar-refractivity contribution >= 4 is 28.5 Å². The van der Waals surface area contributed by atoms with Crippen molar-refractivity contribution in [3.05, 3.63) is 33.8 Å². The first-order valence-electron chi connectivity index (χ1n) is 5.49. The number of aliphatic carboxylic acids is 1. The van der Waals surface area contributed by atoms with Crippen LogP contribution in [0.4, 0.5) is 0 Å². The molecule has 2 aromatic rings. The van der Waals surface area contributed by atoms with Crippen molar-refractivity contribution in [2.75, 3.05) is 7.11 Å². The Hall–Kier alpha value is -2.08. The molecule has 1 heterocycles. The number of fused-ring (bicyclic) bond motifs is 1. The topological polar surface area (TPSA) is 81.4 Å². The third kappa shape index (κ3) is 2.68. The minimum Gasteiger partial charge on any atom is -0.497 e. The summed E-state index contributed by atoms with van der Waals surface area (Å²) < 4.78 is 6.18. The Labute approximate surface area is 113 Å². The Morgan fingerprint density at radius 1 is 1.53 bits per heavy atom. The van der Waals surface area contributed by atoms with E-state index in [0.29, 0.717) is 16.7 Å². The van der Waals surface area contributed by atoms with Crippen molar-refractivity contribution < 1.29 is 14.6 Å². The highest BCUT2D eigenvalue weighted by atomic mass is 35.5. The van der Waals surface area contributed by atoms with E-state index < -0.39 is 5.97 Å². The number of carboxylic acids is 1. The monoisotopic (exact) mass is 282 g/mol. The summed E-state index contributed by atoms with van der Waals surface area (Å²) in [5.74, 6) is -0.479. The molecule has 0 fully saturated rings. The quantitative estimate of drug-likeness (QED) is 0.860. The van der Waals surface area contributed by atoms with Crippen LogP contribution in [0.2, 0.25) is 5.28 Å². The number of hydrogen-bond acceptors (Lipinski definition) is 4. The molecule has 1 aromatic carbocycles. The fourth-order valence-corrected chi connectivity index (χ4v) is 1.95. The molecule has 2 rings (SSSR count). The van der Waals surface area contributed by atoms with Gasteiger partial charge in [0.25, 0.3) is 5.56 Å². The minimum absolute atomic E-state index is 0.0207. The molecule has 0 aliphatic carbocycles. The lowest BCUT2D eigenvalue weighted by Crippen LogP contribution is -2.23. The van der Waals surface area contributed by atoms with Gasteiger partial charge in [0.15, 0.2) is 0 Å². The molecule has 0 radical (unpaired) electrons. The van der Waals surface area contributed by atoms with Crippen molar-refractivity contribution in [1.29, 1.82) is 0 Å². The average Bonchev–Trinajstić information content (AvgIpc) is 2.38. The van der Waals surface area contributed by atoms with Gasteiger partial charge in [-0.25, -0.2) is 4.98 Å². The van der Waals surface area contributed by atoms with Crippen molar-refractivity contribution in [3.8, 4) is 5.75 Å². The van der Waals surface area contributed by atoms with E-state index in [1.807, 2.05) is 0 Å². The standard InChI is InChI=1S/C12H11ClN2O4/c1-19-7-2-3-9-8(6-7)11(18)15(12(13)14-9)5-4-10(16)17/h2-3,6H,4-5H2,1H3,(H,16,17). The van der Waals surface area contributed by atoms with E-state index in [-0.39, 0.29) is 23.8 Å². The van der Waals surface area contributed by atoms with E-state index in [4.69, 9.17) is 21.4 Å². The van der Waals surface area contributed by atoms with Gasteiger partial charge in [0.05, 0.1) is 24.4 Å². The summed E-state index contributed by atoms with van der Waals surface area (Å²) in [5, 5.41) is 8.97. The third-order valence-corrected chi connectivity index (χ3v) is 2.95. The summed E-state index contributed by atoms with van der Waals surface area (Å²) >= 11 is 5.89. The van der Waals surface area contributed by atoms with Crippen molar-refractivity contribution in [1.82, 2.24) is 9.55 Å². The molecule has 6 nitrogen and oxygen atoms in total. The van der Waals surface area contributed by atoms with Crippen LogP contribution in [0, 0.1) is 0 Å². The number of aromatic nitrogens is 2. The summed E-state index contributed by atoms with van der Waals surface area (Å²) in [5.41, 5.74) is 0.0672. The number of hydrogen-bond donors (Lipinski definition) is 1. The Morgan fingerprint density at radius 3 is 2.89 bits per heavy atom. The first-order chi connectivity index (χ1) is 9.02. The maximum absolute atomic E-state index is 12.2. The minimum atomic E-state index is -1.01. The van der Waals surface area contributed by atoms with Gasteiger partial charge in [0.2, 0.25) is 5.28 Å². The number of benzene rings is 1. The maximum Gasteiger partial charge on any atom is 0.305 e. The SMILES string of the molecule is COc1ccc2nc(Cl)n(CCC(=O)O)c(=O)c2c1. The number of methoxy groups -OCH3 is 1.